The zero-order chi connectivity index (χ0) is 13.7. The molecule has 0 amide bonds. The van der Waals surface area contributed by atoms with E-state index in [4.69, 9.17) is 9.84 Å². The van der Waals surface area contributed by atoms with Crippen LogP contribution in [0.1, 0.15) is 5.56 Å². The Morgan fingerprint density at radius 3 is 2.58 bits per heavy atom. The number of ether oxygens (including phenoxy) is 1. The largest absolute Gasteiger partial charge is 0.478 e. The predicted molar refractivity (Wildman–Crippen MR) is 69.6 cm³/mol. The van der Waals surface area contributed by atoms with Crippen molar-refractivity contribution in [1.29, 1.82) is 0 Å². The molecule has 0 aliphatic heterocycles. The first-order valence-corrected chi connectivity index (χ1v) is 5.58. The first-order chi connectivity index (χ1) is 9.15. The van der Waals surface area contributed by atoms with Gasteiger partial charge in [0.1, 0.15) is 5.75 Å². The molecule has 0 bridgehead atoms. The fourth-order valence-electron chi connectivity index (χ4n) is 1.48. The zero-order valence-electron chi connectivity index (χ0n) is 9.92. The van der Waals surface area contributed by atoms with Gasteiger partial charge in [0.25, 0.3) is 0 Å². The normalized spacial score (nSPS) is 10.6. The Morgan fingerprint density at radius 2 is 1.89 bits per heavy atom. The number of benzene rings is 2. The second-order valence-corrected chi connectivity index (χ2v) is 3.78. The van der Waals surface area contributed by atoms with E-state index >= 15 is 0 Å². The maximum atomic E-state index is 13.6. The molecule has 2 rings (SSSR count). The van der Waals surface area contributed by atoms with Crippen LogP contribution in [-0.4, -0.2) is 11.1 Å². The van der Waals surface area contributed by atoms with Crippen molar-refractivity contribution in [2.24, 2.45) is 0 Å². The van der Waals surface area contributed by atoms with Crippen LogP contribution < -0.4 is 4.74 Å². The van der Waals surface area contributed by atoms with E-state index in [1.54, 1.807) is 24.3 Å². The summed E-state index contributed by atoms with van der Waals surface area (Å²) in [5, 5.41) is 8.54. The van der Waals surface area contributed by atoms with Gasteiger partial charge in [-0.15, -0.1) is 0 Å². The summed E-state index contributed by atoms with van der Waals surface area (Å²) in [5.74, 6) is -0.995. The Labute approximate surface area is 109 Å². The number of para-hydroxylation sites is 1. The van der Waals surface area contributed by atoms with Gasteiger partial charge in [0, 0.05) is 6.08 Å². The number of rotatable bonds is 4. The van der Waals surface area contributed by atoms with Crippen LogP contribution in [-0.2, 0) is 4.79 Å². The molecule has 3 nitrogen and oxygen atoms in total. The van der Waals surface area contributed by atoms with Crippen molar-refractivity contribution in [3.63, 3.8) is 0 Å². The molecular formula is C15H11FO3. The molecule has 2 aromatic carbocycles. The van der Waals surface area contributed by atoms with Crippen LogP contribution in [0.2, 0.25) is 0 Å². The van der Waals surface area contributed by atoms with Crippen molar-refractivity contribution in [1.82, 2.24) is 0 Å². The smallest absolute Gasteiger partial charge is 0.328 e. The van der Waals surface area contributed by atoms with Crippen molar-refractivity contribution < 1.29 is 19.0 Å². The monoisotopic (exact) mass is 258 g/mol. The lowest BCUT2D eigenvalue weighted by molar-refractivity contribution is -0.131. The second-order valence-electron chi connectivity index (χ2n) is 3.78. The number of aliphatic carboxylic acids is 1. The van der Waals surface area contributed by atoms with E-state index in [-0.39, 0.29) is 5.75 Å². The molecule has 0 fully saturated rings. The van der Waals surface area contributed by atoms with E-state index in [2.05, 4.69) is 0 Å². The fraction of sp³-hybridized carbons (Fsp3) is 0. The van der Waals surface area contributed by atoms with Gasteiger partial charge < -0.3 is 9.84 Å². The van der Waals surface area contributed by atoms with Crippen LogP contribution in [0, 0.1) is 5.82 Å². The zero-order valence-corrected chi connectivity index (χ0v) is 9.92. The van der Waals surface area contributed by atoms with Crippen LogP contribution >= 0.6 is 0 Å². The van der Waals surface area contributed by atoms with E-state index in [1.165, 1.54) is 24.3 Å². The quantitative estimate of drug-likeness (QED) is 0.850. The Kier molecular flexibility index (Phi) is 3.93. The summed E-state index contributed by atoms with van der Waals surface area (Å²) in [4.78, 5) is 10.4. The summed E-state index contributed by atoms with van der Waals surface area (Å²) in [6.07, 6.45) is 2.36. The van der Waals surface area contributed by atoms with Gasteiger partial charge >= 0.3 is 5.97 Å². The molecule has 96 valence electrons. The Morgan fingerprint density at radius 1 is 1.16 bits per heavy atom. The molecule has 0 aliphatic rings. The molecule has 0 spiro atoms. The minimum Gasteiger partial charge on any atom is -0.478 e. The summed E-state index contributed by atoms with van der Waals surface area (Å²) in [7, 11) is 0. The van der Waals surface area contributed by atoms with Gasteiger partial charge in [0.15, 0.2) is 11.6 Å². The SMILES string of the molecule is O=C(O)C=Cc1ccc(F)c(Oc2ccccc2)c1. The number of hydrogen-bond donors (Lipinski definition) is 1. The molecule has 0 unspecified atom stereocenters. The highest BCUT2D eigenvalue weighted by atomic mass is 19.1. The summed E-state index contributed by atoms with van der Waals surface area (Å²) in [6.45, 7) is 0. The average molecular weight is 258 g/mol. The molecule has 4 heteroatoms. The lowest BCUT2D eigenvalue weighted by Gasteiger charge is -2.07. The molecule has 1 N–H and O–H groups in total. The lowest BCUT2D eigenvalue weighted by Crippen LogP contribution is -1.90. The molecule has 19 heavy (non-hydrogen) atoms. The maximum Gasteiger partial charge on any atom is 0.328 e. The number of hydrogen-bond acceptors (Lipinski definition) is 2. The van der Waals surface area contributed by atoms with Crippen LogP contribution in [0.15, 0.2) is 54.6 Å². The van der Waals surface area contributed by atoms with Crippen molar-refractivity contribution in [3.05, 3.63) is 66.0 Å². The third kappa shape index (κ3) is 3.67. The number of carboxylic acid groups (broad SMARTS) is 1. The second kappa shape index (κ2) is 5.82. The van der Waals surface area contributed by atoms with Crippen molar-refractivity contribution in [3.8, 4) is 11.5 Å². The highest BCUT2D eigenvalue weighted by Gasteiger charge is 2.05. The molecule has 0 radical (unpaired) electrons. The van der Waals surface area contributed by atoms with Gasteiger partial charge in [-0.3, -0.25) is 0 Å². The Hall–Kier alpha value is -2.62. The minimum atomic E-state index is -1.06. The molecular weight excluding hydrogens is 247 g/mol. The number of carbonyl (C=O) groups is 1. The van der Waals surface area contributed by atoms with E-state index < -0.39 is 11.8 Å². The van der Waals surface area contributed by atoms with Gasteiger partial charge in [-0.1, -0.05) is 24.3 Å². The Bertz CT molecular complexity index is 606. The predicted octanol–water partition coefficient (Wildman–Crippen LogP) is 3.72. The molecule has 0 aliphatic carbocycles. The lowest BCUT2D eigenvalue weighted by atomic mass is 10.2. The van der Waals surface area contributed by atoms with E-state index in [0.717, 1.165) is 6.08 Å². The highest BCUT2D eigenvalue weighted by Crippen LogP contribution is 2.25. The maximum absolute atomic E-state index is 13.6. The van der Waals surface area contributed by atoms with Gasteiger partial charge in [-0.25, -0.2) is 9.18 Å². The molecule has 0 saturated carbocycles. The van der Waals surface area contributed by atoms with Crippen LogP contribution in [0.25, 0.3) is 6.08 Å². The standard InChI is InChI=1S/C15H11FO3/c16-13-8-6-11(7-9-15(17)18)10-14(13)19-12-4-2-1-3-5-12/h1-10H,(H,17,18). The Balaban J connectivity index is 2.25. The fourth-order valence-corrected chi connectivity index (χ4v) is 1.48. The van der Waals surface area contributed by atoms with Crippen molar-refractivity contribution >= 4 is 12.0 Å². The van der Waals surface area contributed by atoms with Gasteiger partial charge in [0.05, 0.1) is 0 Å². The summed E-state index contributed by atoms with van der Waals surface area (Å²) in [6, 6.07) is 13.0. The van der Waals surface area contributed by atoms with E-state index in [1.807, 2.05) is 6.07 Å². The van der Waals surface area contributed by atoms with Crippen molar-refractivity contribution in [2.45, 2.75) is 0 Å². The first kappa shape index (κ1) is 12.8. The molecule has 0 atom stereocenters. The van der Waals surface area contributed by atoms with Gasteiger partial charge in [-0.05, 0) is 35.9 Å². The number of halogens is 1. The van der Waals surface area contributed by atoms with Crippen LogP contribution in [0.3, 0.4) is 0 Å². The van der Waals surface area contributed by atoms with Gasteiger partial charge in [-0.2, -0.15) is 0 Å². The minimum absolute atomic E-state index is 0.0544. The topological polar surface area (TPSA) is 46.5 Å². The summed E-state index contributed by atoms with van der Waals surface area (Å²) < 4.78 is 19.0. The third-order valence-electron chi connectivity index (χ3n) is 2.34. The molecule has 0 aromatic heterocycles. The van der Waals surface area contributed by atoms with E-state index in [0.29, 0.717) is 11.3 Å². The third-order valence-corrected chi connectivity index (χ3v) is 2.34. The van der Waals surface area contributed by atoms with Gasteiger partial charge in [0.2, 0.25) is 0 Å². The summed E-state index contributed by atoms with van der Waals surface area (Å²) in [5.41, 5.74) is 0.551. The van der Waals surface area contributed by atoms with Crippen molar-refractivity contribution in [2.75, 3.05) is 0 Å². The van der Waals surface area contributed by atoms with Crippen LogP contribution in [0.4, 0.5) is 4.39 Å². The molecule has 0 saturated heterocycles. The molecule has 0 heterocycles. The first-order valence-electron chi connectivity index (χ1n) is 5.58. The van der Waals surface area contributed by atoms with E-state index in [9.17, 15) is 9.18 Å². The number of carboxylic acids is 1. The average Bonchev–Trinajstić information content (AvgIpc) is 2.41. The van der Waals surface area contributed by atoms with Crippen LogP contribution in [0.5, 0.6) is 11.5 Å². The summed E-state index contributed by atoms with van der Waals surface area (Å²) >= 11 is 0. The molecule has 2 aromatic rings. The highest BCUT2D eigenvalue weighted by molar-refractivity contribution is 5.85.